The first-order valence-corrected chi connectivity index (χ1v) is 10.1. The third-order valence-corrected chi connectivity index (χ3v) is 5.84. The topological polar surface area (TPSA) is 89.8 Å². The molecule has 0 bridgehead atoms. The SMILES string of the molecule is C=CCN(c1ccc(Oc2ccccc2)cc1)S(=O)(=O)c1ccc([N+](=O)[O-])cc1. The number of rotatable bonds is 8. The fourth-order valence-corrected chi connectivity index (χ4v) is 4.07. The summed E-state index contributed by atoms with van der Waals surface area (Å²) in [4.78, 5) is 10.2. The molecular weight excluding hydrogens is 392 g/mol. The van der Waals surface area contributed by atoms with Crippen LogP contribution < -0.4 is 9.04 Å². The van der Waals surface area contributed by atoms with Crippen molar-refractivity contribution in [3.05, 3.63) is 102 Å². The predicted molar refractivity (Wildman–Crippen MR) is 111 cm³/mol. The van der Waals surface area contributed by atoms with Crippen LogP contribution in [-0.2, 0) is 10.0 Å². The average molecular weight is 410 g/mol. The van der Waals surface area contributed by atoms with Gasteiger partial charge in [-0.25, -0.2) is 8.42 Å². The molecule has 3 rings (SSSR count). The number of sulfonamides is 1. The second-order valence-electron chi connectivity index (χ2n) is 5.98. The molecule has 0 saturated heterocycles. The second-order valence-corrected chi connectivity index (χ2v) is 7.85. The van der Waals surface area contributed by atoms with Crippen LogP contribution in [0.1, 0.15) is 0 Å². The molecule has 0 N–H and O–H groups in total. The van der Waals surface area contributed by atoms with Crippen LogP contribution in [0, 0.1) is 10.1 Å². The Bertz CT molecular complexity index is 1100. The van der Waals surface area contributed by atoms with Gasteiger partial charge in [0.25, 0.3) is 15.7 Å². The minimum absolute atomic E-state index is 0.0399. The van der Waals surface area contributed by atoms with E-state index in [1.165, 1.54) is 22.5 Å². The summed E-state index contributed by atoms with van der Waals surface area (Å²) < 4.78 is 33.0. The van der Waals surface area contributed by atoms with Crippen molar-refractivity contribution in [3.8, 4) is 11.5 Å². The van der Waals surface area contributed by atoms with Crippen LogP contribution in [0.4, 0.5) is 11.4 Å². The van der Waals surface area contributed by atoms with Crippen molar-refractivity contribution in [2.24, 2.45) is 0 Å². The number of hydrogen-bond acceptors (Lipinski definition) is 5. The van der Waals surface area contributed by atoms with E-state index in [1.54, 1.807) is 24.3 Å². The lowest BCUT2D eigenvalue weighted by Crippen LogP contribution is -2.31. The number of anilines is 1. The smallest absolute Gasteiger partial charge is 0.269 e. The van der Waals surface area contributed by atoms with Gasteiger partial charge in [-0.2, -0.15) is 0 Å². The summed E-state index contributed by atoms with van der Waals surface area (Å²) in [5.41, 5.74) is 0.241. The molecule has 0 radical (unpaired) electrons. The van der Waals surface area contributed by atoms with Gasteiger partial charge in [0, 0.05) is 12.1 Å². The average Bonchev–Trinajstić information content (AvgIpc) is 2.73. The van der Waals surface area contributed by atoms with Gasteiger partial charge in [0.15, 0.2) is 0 Å². The number of non-ortho nitro benzene ring substituents is 1. The highest BCUT2D eigenvalue weighted by Gasteiger charge is 2.24. The number of benzene rings is 3. The minimum atomic E-state index is -3.93. The van der Waals surface area contributed by atoms with Gasteiger partial charge < -0.3 is 4.74 Å². The van der Waals surface area contributed by atoms with Gasteiger partial charge in [0.05, 0.1) is 22.1 Å². The quantitative estimate of drug-likeness (QED) is 0.303. The van der Waals surface area contributed by atoms with Crippen molar-refractivity contribution in [3.63, 3.8) is 0 Å². The first-order chi connectivity index (χ1) is 13.9. The van der Waals surface area contributed by atoms with E-state index in [-0.39, 0.29) is 17.1 Å². The Hall–Kier alpha value is -3.65. The molecule has 7 nitrogen and oxygen atoms in total. The van der Waals surface area contributed by atoms with Crippen molar-refractivity contribution < 1.29 is 18.1 Å². The molecule has 0 atom stereocenters. The normalized spacial score (nSPS) is 10.9. The van der Waals surface area contributed by atoms with E-state index in [0.717, 1.165) is 12.1 Å². The summed E-state index contributed by atoms with van der Waals surface area (Å²) >= 11 is 0. The van der Waals surface area contributed by atoms with Crippen LogP contribution in [-0.4, -0.2) is 19.9 Å². The molecule has 29 heavy (non-hydrogen) atoms. The van der Waals surface area contributed by atoms with Crippen LogP contribution >= 0.6 is 0 Å². The lowest BCUT2D eigenvalue weighted by atomic mass is 10.3. The Morgan fingerprint density at radius 1 is 0.931 bits per heavy atom. The second kappa shape index (κ2) is 8.57. The Labute approximate surface area is 168 Å². The molecule has 0 aliphatic carbocycles. The summed E-state index contributed by atoms with van der Waals surface area (Å²) in [6.07, 6.45) is 1.47. The highest BCUT2D eigenvalue weighted by atomic mass is 32.2. The zero-order chi connectivity index (χ0) is 20.9. The molecule has 8 heteroatoms. The van der Waals surface area contributed by atoms with Crippen molar-refractivity contribution in [2.75, 3.05) is 10.8 Å². The van der Waals surface area contributed by atoms with E-state index >= 15 is 0 Å². The number of para-hydroxylation sites is 1. The van der Waals surface area contributed by atoms with Crippen molar-refractivity contribution >= 4 is 21.4 Å². The zero-order valence-corrected chi connectivity index (χ0v) is 16.2. The molecule has 0 spiro atoms. The fourth-order valence-electron chi connectivity index (χ4n) is 2.63. The molecule has 0 aromatic heterocycles. The van der Waals surface area contributed by atoms with E-state index < -0.39 is 14.9 Å². The zero-order valence-electron chi connectivity index (χ0n) is 15.3. The molecule has 0 saturated carbocycles. The summed E-state index contributed by atoms with van der Waals surface area (Å²) in [6, 6.07) is 20.6. The van der Waals surface area contributed by atoms with E-state index in [2.05, 4.69) is 6.58 Å². The Kier molecular flexibility index (Phi) is 5.94. The molecule has 0 heterocycles. The molecule has 0 aliphatic rings. The Morgan fingerprint density at radius 3 is 2.07 bits per heavy atom. The van der Waals surface area contributed by atoms with Gasteiger partial charge in [-0.05, 0) is 48.5 Å². The molecule has 3 aromatic carbocycles. The molecule has 3 aromatic rings. The predicted octanol–water partition coefficient (Wildman–Crippen LogP) is 4.77. The van der Waals surface area contributed by atoms with Gasteiger partial charge in [-0.3, -0.25) is 14.4 Å². The summed E-state index contributed by atoms with van der Waals surface area (Å²) in [5, 5.41) is 10.8. The van der Waals surface area contributed by atoms with E-state index in [1.807, 2.05) is 30.3 Å². The number of nitro groups is 1. The number of nitro benzene ring substituents is 1. The third kappa shape index (κ3) is 4.61. The largest absolute Gasteiger partial charge is 0.457 e. The van der Waals surface area contributed by atoms with Crippen molar-refractivity contribution in [2.45, 2.75) is 4.90 Å². The lowest BCUT2D eigenvalue weighted by molar-refractivity contribution is -0.384. The van der Waals surface area contributed by atoms with Crippen LogP contribution in [0.5, 0.6) is 11.5 Å². The molecule has 148 valence electrons. The third-order valence-electron chi connectivity index (χ3n) is 4.03. The monoisotopic (exact) mass is 410 g/mol. The standard InChI is InChI=1S/C21H18N2O5S/c1-2-16-22(29(26,27)21-14-10-18(11-15-21)23(24)25)17-8-12-20(13-9-17)28-19-6-4-3-5-7-19/h2-15H,1,16H2. The molecule has 0 aliphatic heterocycles. The van der Waals surface area contributed by atoms with Gasteiger partial charge in [0.1, 0.15) is 11.5 Å². The molecule has 0 unspecified atom stereocenters. The van der Waals surface area contributed by atoms with Gasteiger partial charge in [-0.1, -0.05) is 24.3 Å². The molecule has 0 fully saturated rings. The first kappa shape index (κ1) is 20.1. The van der Waals surface area contributed by atoms with Crippen LogP contribution in [0.25, 0.3) is 0 Å². The van der Waals surface area contributed by atoms with E-state index in [4.69, 9.17) is 4.74 Å². The van der Waals surface area contributed by atoms with Crippen LogP contribution in [0.2, 0.25) is 0 Å². The Morgan fingerprint density at radius 2 is 1.52 bits per heavy atom. The fraction of sp³-hybridized carbons (Fsp3) is 0.0476. The van der Waals surface area contributed by atoms with Crippen LogP contribution in [0.3, 0.4) is 0 Å². The van der Waals surface area contributed by atoms with Gasteiger partial charge >= 0.3 is 0 Å². The number of hydrogen-bond donors (Lipinski definition) is 0. The number of ether oxygens (including phenoxy) is 1. The number of nitrogens with zero attached hydrogens (tertiary/aromatic N) is 2. The first-order valence-electron chi connectivity index (χ1n) is 8.63. The maximum atomic E-state index is 13.1. The summed E-state index contributed by atoms with van der Waals surface area (Å²) in [5.74, 6) is 1.23. The summed E-state index contributed by atoms with van der Waals surface area (Å²) in [7, 11) is -3.93. The van der Waals surface area contributed by atoms with Crippen LogP contribution in [0.15, 0.2) is 96.4 Å². The maximum absolute atomic E-state index is 13.1. The Balaban J connectivity index is 1.88. The van der Waals surface area contributed by atoms with Gasteiger partial charge in [0.2, 0.25) is 0 Å². The molecular formula is C21H18N2O5S. The highest BCUT2D eigenvalue weighted by molar-refractivity contribution is 7.92. The van der Waals surface area contributed by atoms with Crippen molar-refractivity contribution in [1.29, 1.82) is 0 Å². The van der Waals surface area contributed by atoms with E-state index in [9.17, 15) is 18.5 Å². The summed E-state index contributed by atoms with van der Waals surface area (Å²) in [6.45, 7) is 3.66. The highest BCUT2D eigenvalue weighted by Crippen LogP contribution is 2.28. The minimum Gasteiger partial charge on any atom is -0.457 e. The maximum Gasteiger partial charge on any atom is 0.269 e. The lowest BCUT2D eigenvalue weighted by Gasteiger charge is -2.23. The van der Waals surface area contributed by atoms with Crippen molar-refractivity contribution in [1.82, 2.24) is 0 Å². The molecule has 0 amide bonds. The van der Waals surface area contributed by atoms with Gasteiger partial charge in [-0.15, -0.1) is 6.58 Å². The van der Waals surface area contributed by atoms with E-state index in [0.29, 0.717) is 17.2 Å².